The molecule has 0 spiro atoms. The third-order valence-corrected chi connectivity index (χ3v) is 6.50. The molecule has 2 heterocycles. The van der Waals surface area contributed by atoms with Gasteiger partial charge in [-0.15, -0.1) is 6.42 Å². The van der Waals surface area contributed by atoms with Crippen LogP contribution in [0.4, 0.5) is 10.2 Å². The highest BCUT2D eigenvalue weighted by atomic mass is 19.1. The Bertz CT molecular complexity index is 1100. The standard InChI is InChI=1S/C27H40FN5O5/c1-6-10-11-12-15-21(34)38-20(16-33-18-30-22-23(29)31-26(28)32-24(22)33)27(9-4,36-5)17-37-25(35)19(13-7-2)14-8-3/h4,18-20H,6-8,10-17H2,1-3,5H3,(H2,29,31,32)/t20-,27?/m0/s1. The van der Waals surface area contributed by atoms with Crippen LogP contribution in [0.25, 0.3) is 11.2 Å². The number of unbranched alkanes of at least 4 members (excludes halogenated alkanes) is 3. The number of nitrogens with zero attached hydrogens (tertiary/aromatic N) is 4. The van der Waals surface area contributed by atoms with E-state index in [-0.39, 0.29) is 48.4 Å². The molecule has 2 aromatic heterocycles. The molecule has 0 saturated heterocycles. The number of rotatable bonds is 17. The number of terminal acetylenes is 1. The summed E-state index contributed by atoms with van der Waals surface area (Å²) in [6, 6.07) is 0. The van der Waals surface area contributed by atoms with Crippen molar-refractivity contribution in [1.29, 1.82) is 0 Å². The predicted octanol–water partition coefficient (Wildman–Crippen LogP) is 4.21. The minimum absolute atomic E-state index is 0.101. The van der Waals surface area contributed by atoms with Crippen LogP contribution in [0.5, 0.6) is 0 Å². The van der Waals surface area contributed by atoms with Crippen LogP contribution in [-0.2, 0) is 30.3 Å². The lowest BCUT2D eigenvalue weighted by Crippen LogP contribution is -2.52. The average Bonchev–Trinajstić information content (AvgIpc) is 3.29. The molecule has 2 aromatic rings. The van der Waals surface area contributed by atoms with Gasteiger partial charge in [-0.25, -0.2) is 4.98 Å². The van der Waals surface area contributed by atoms with Crippen molar-refractivity contribution in [2.45, 2.75) is 96.8 Å². The van der Waals surface area contributed by atoms with E-state index in [1.165, 1.54) is 18.0 Å². The maximum absolute atomic E-state index is 13.9. The highest BCUT2D eigenvalue weighted by molar-refractivity contribution is 5.81. The molecular weight excluding hydrogens is 493 g/mol. The highest BCUT2D eigenvalue weighted by Gasteiger charge is 2.43. The third kappa shape index (κ3) is 8.12. The lowest BCUT2D eigenvalue weighted by Gasteiger charge is -2.34. The lowest BCUT2D eigenvalue weighted by molar-refractivity contribution is -0.176. The van der Waals surface area contributed by atoms with Crippen LogP contribution >= 0.6 is 0 Å². The van der Waals surface area contributed by atoms with Gasteiger partial charge in [0.1, 0.15) is 12.1 Å². The molecule has 0 aliphatic carbocycles. The van der Waals surface area contributed by atoms with Gasteiger partial charge in [-0.05, 0) is 19.3 Å². The molecule has 210 valence electrons. The molecule has 2 N–H and O–H groups in total. The number of imidazole rings is 1. The van der Waals surface area contributed by atoms with Gasteiger partial charge in [0.25, 0.3) is 0 Å². The number of carbonyl (C=O) groups is 2. The third-order valence-electron chi connectivity index (χ3n) is 6.50. The van der Waals surface area contributed by atoms with Crippen molar-refractivity contribution in [3.63, 3.8) is 0 Å². The summed E-state index contributed by atoms with van der Waals surface area (Å²) in [7, 11) is 1.36. The average molecular weight is 534 g/mol. The number of methoxy groups -OCH3 is 1. The van der Waals surface area contributed by atoms with Crippen LogP contribution in [0.1, 0.15) is 78.6 Å². The molecule has 0 amide bonds. The van der Waals surface area contributed by atoms with Gasteiger partial charge in [0.2, 0.25) is 5.60 Å². The quantitative estimate of drug-likeness (QED) is 0.137. The van der Waals surface area contributed by atoms with Crippen molar-refractivity contribution < 1.29 is 28.2 Å². The molecule has 0 aromatic carbocycles. The van der Waals surface area contributed by atoms with Gasteiger partial charge in [0.15, 0.2) is 17.6 Å². The van der Waals surface area contributed by atoms with Gasteiger partial charge >= 0.3 is 18.0 Å². The minimum Gasteiger partial charge on any atom is -0.461 e. The zero-order valence-corrected chi connectivity index (χ0v) is 22.9. The molecule has 2 rings (SSSR count). The molecule has 11 heteroatoms. The zero-order chi connectivity index (χ0) is 28.1. The molecule has 0 saturated carbocycles. The Labute approximate surface area is 223 Å². The van der Waals surface area contributed by atoms with Crippen molar-refractivity contribution in [3.05, 3.63) is 12.4 Å². The summed E-state index contributed by atoms with van der Waals surface area (Å²) >= 11 is 0. The van der Waals surface area contributed by atoms with Crippen LogP contribution in [0.3, 0.4) is 0 Å². The smallest absolute Gasteiger partial charge is 0.312 e. The van der Waals surface area contributed by atoms with Crippen LogP contribution < -0.4 is 5.73 Å². The number of nitrogen functional groups attached to an aromatic ring is 1. The number of nitrogens with two attached hydrogens (primary N) is 1. The van der Waals surface area contributed by atoms with E-state index in [0.717, 1.165) is 32.1 Å². The number of halogens is 1. The summed E-state index contributed by atoms with van der Waals surface area (Å²) in [6.45, 7) is 5.64. The first kappa shape index (κ1) is 31.0. The Kier molecular flexibility index (Phi) is 12.4. The number of carbonyl (C=O) groups excluding carboxylic acids is 2. The fourth-order valence-corrected chi connectivity index (χ4v) is 4.29. The molecule has 0 fully saturated rings. The van der Waals surface area contributed by atoms with Crippen molar-refractivity contribution >= 4 is 28.9 Å². The molecule has 1 unspecified atom stereocenters. The minimum atomic E-state index is -1.62. The topological polar surface area (TPSA) is 131 Å². The van der Waals surface area contributed by atoms with Crippen LogP contribution in [0, 0.1) is 24.3 Å². The first-order chi connectivity index (χ1) is 18.2. The second-order valence-corrected chi connectivity index (χ2v) is 9.36. The Morgan fingerprint density at radius 1 is 1.16 bits per heavy atom. The Morgan fingerprint density at radius 3 is 2.47 bits per heavy atom. The number of aromatic nitrogens is 4. The summed E-state index contributed by atoms with van der Waals surface area (Å²) in [6.07, 6.45) is 11.9. The number of anilines is 1. The Balaban J connectivity index is 2.36. The Hall–Kier alpha value is -3.26. The van der Waals surface area contributed by atoms with Crippen molar-refractivity contribution in [1.82, 2.24) is 19.5 Å². The molecular formula is C27H40FN5O5. The molecule has 0 aliphatic heterocycles. The summed E-state index contributed by atoms with van der Waals surface area (Å²) in [5.41, 5.74) is 4.46. The molecule has 2 atom stereocenters. The lowest BCUT2D eigenvalue weighted by atomic mass is 9.96. The van der Waals surface area contributed by atoms with Gasteiger partial charge < -0.3 is 24.5 Å². The van der Waals surface area contributed by atoms with Crippen LogP contribution in [0.2, 0.25) is 0 Å². The van der Waals surface area contributed by atoms with Gasteiger partial charge in [0.05, 0.1) is 18.8 Å². The number of fused-ring (bicyclic) bond motifs is 1. The van der Waals surface area contributed by atoms with Crippen molar-refractivity contribution in [2.24, 2.45) is 5.92 Å². The van der Waals surface area contributed by atoms with Crippen molar-refractivity contribution in [2.75, 3.05) is 19.5 Å². The number of esters is 2. The molecule has 0 aliphatic rings. The normalized spacial score (nSPS) is 13.7. The monoisotopic (exact) mass is 533 g/mol. The fourth-order valence-electron chi connectivity index (χ4n) is 4.29. The van der Waals surface area contributed by atoms with Gasteiger partial charge in [0, 0.05) is 13.5 Å². The van der Waals surface area contributed by atoms with E-state index in [0.29, 0.717) is 19.3 Å². The summed E-state index contributed by atoms with van der Waals surface area (Å²) in [4.78, 5) is 37.2. The van der Waals surface area contributed by atoms with Crippen LogP contribution in [0.15, 0.2) is 6.33 Å². The van der Waals surface area contributed by atoms with E-state index in [1.807, 2.05) is 13.8 Å². The SMILES string of the molecule is C#CC(COC(=O)C(CCC)CCC)(OC)[C@H](Cn1cnc2c(N)nc(F)nc21)OC(=O)CCCCCC. The van der Waals surface area contributed by atoms with E-state index in [9.17, 15) is 14.0 Å². The number of hydrogen-bond acceptors (Lipinski definition) is 9. The van der Waals surface area contributed by atoms with Gasteiger partial charge in [-0.3, -0.25) is 9.59 Å². The summed E-state index contributed by atoms with van der Waals surface area (Å²) in [5.74, 6) is 1.29. The first-order valence-electron chi connectivity index (χ1n) is 13.3. The largest absolute Gasteiger partial charge is 0.461 e. The maximum atomic E-state index is 13.9. The second kappa shape index (κ2) is 15.2. The van der Waals surface area contributed by atoms with E-state index in [2.05, 4.69) is 27.8 Å². The van der Waals surface area contributed by atoms with E-state index in [4.69, 9.17) is 26.4 Å². The van der Waals surface area contributed by atoms with Crippen molar-refractivity contribution in [3.8, 4) is 12.3 Å². The van der Waals surface area contributed by atoms with E-state index >= 15 is 0 Å². The zero-order valence-electron chi connectivity index (χ0n) is 22.9. The molecule has 38 heavy (non-hydrogen) atoms. The fraction of sp³-hybridized carbons (Fsp3) is 0.667. The highest BCUT2D eigenvalue weighted by Crippen LogP contribution is 2.26. The summed E-state index contributed by atoms with van der Waals surface area (Å²) < 4.78 is 32.6. The maximum Gasteiger partial charge on any atom is 0.312 e. The van der Waals surface area contributed by atoms with Gasteiger partial charge in [-0.2, -0.15) is 14.4 Å². The summed E-state index contributed by atoms with van der Waals surface area (Å²) in [5, 5.41) is 0. The van der Waals surface area contributed by atoms with Gasteiger partial charge in [-0.1, -0.05) is 58.8 Å². The first-order valence-corrected chi connectivity index (χ1v) is 13.3. The number of ether oxygens (including phenoxy) is 3. The molecule has 0 bridgehead atoms. The molecule has 0 radical (unpaired) electrons. The Morgan fingerprint density at radius 2 is 1.87 bits per heavy atom. The molecule has 10 nitrogen and oxygen atoms in total. The van der Waals surface area contributed by atoms with E-state index < -0.39 is 23.8 Å². The van der Waals surface area contributed by atoms with Crippen LogP contribution in [-0.4, -0.2) is 56.9 Å². The second-order valence-electron chi connectivity index (χ2n) is 9.36. The predicted molar refractivity (Wildman–Crippen MR) is 141 cm³/mol. The number of hydrogen-bond donors (Lipinski definition) is 1. The van der Waals surface area contributed by atoms with E-state index in [1.54, 1.807) is 0 Å².